The fraction of sp³-hybridized carbons (Fsp3) is 0.538. The summed E-state index contributed by atoms with van der Waals surface area (Å²) >= 11 is 0. The maximum atomic E-state index is 12.8. The number of nitrogens with two attached hydrogens (primary N) is 2. The van der Waals surface area contributed by atoms with Gasteiger partial charge >= 0.3 is 6.18 Å². The van der Waals surface area contributed by atoms with Gasteiger partial charge in [0.05, 0.1) is 23.0 Å². The lowest BCUT2D eigenvalue weighted by molar-refractivity contribution is -0.136. The molecule has 0 bridgehead atoms. The van der Waals surface area contributed by atoms with Gasteiger partial charge in [0.2, 0.25) is 0 Å². The Morgan fingerprint density at radius 2 is 1.95 bits per heavy atom. The average Bonchev–Trinajstić information content (AvgIpc) is 2.75. The molecule has 0 unspecified atom stereocenters. The topological polar surface area (TPSA) is 84.3 Å². The highest BCUT2D eigenvalue weighted by molar-refractivity contribution is 5.69. The number of halogens is 3. The second-order valence-corrected chi connectivity index (χ2v) is 5.13. The van der Waals surface area contributed by atoms with Crippen molar-refractivity contribution in [2.45, 2.75) is 44.1 Å². The van der Waals surface area contributed by atoms with Crippen LogP contribution in [-0.4, -0.2) is 17.3 Å². The van der Waals surface area contributed by atoms with Gasteiger partial charge in [0.25, 0.3) is 0 Å². The van der Waals surface area contributed by atoms with Crippen LogP contribution >= 0.6 is 0 Å². The van der Waals surface area contributed by atoms with Crippen molar-refractivity contribution in [1.82, 2.24) is 5.32 Å². The van der Waals surface area contributed by atoms with Gasteiger partial charge in [0.1, 0.15) is 0 Å². The van der Waals surface area contributed by atoms with Gasteiger partial charge in [-0.15, -0.1) is 0 Å². The Balaban J connectivity index is 2.14. The first kappa shape index (κ1) is 14.9. The first-order chi connectivity index (χ1) is 9.29. The van der Waals surface area contributed by atoms with Crippen molar-refractivity contribution in [3.63, 3.8) is 0 Å². The van der Waals surface area contributed by atoms with Crippen LogP contribution in [0.4, 0.5) is 24.5 Å². The van der Waals surface area contributed by atoms with Gasteiger partial charge in [-0.3, -0.25) is 0 Å². The zero-order valence-corrected chi connectivity index (χ0v) is 10.9. The second-order valence-electron chi connectivity index (χ2n) is 5.13. The van der Waals surface area contributed by atoms with Crippen LogP contribution in [0.15, 0.2) is 12.1 Å². The molecule has 1 aliphatic carbocycles. The summed E-state index contributed by atoms with van der Waals surface area (Å²) in [6.07, 6.45) is -2.52. The van der Waals surface area contributed by atoms with E-state index in [1.807, 2.05) is 0 Å². The monoisotopic (exact) mass is 289 g/mol. The van der Waals surface area contributed by atoms with Gasteiger partial charge in [0, 0.05) is 12.6 Å². The van der Waals surface area contributed by atoms with E-state index in [1.54, 1.807) is 0 Å². The standard InChI is InChI=1S/C13H18F3N3O/c14-13(15,16)8-4-7(5-9(17)12(8)18)6-19-10-2-1-3-11(10)20/h4-5,10-11,19-20H,1-3,6,17-18H2/t10-,11+/m1/s1. The zero-order chi connectivity index (χ0) is 14.9. The summed E-state index contributed by atoms with van der Waals surface area (Å²) in [5.74, 6) is 0. The lowest BCUT2D eigenvalue weighted by Gasteiger charge is -2.18. The van der Waals surface area contributed by atoms with Crippen LogP contribution in [-0.2, 0) is 12.7 Å². The molecule has 0 amide bonds. The highest BCUT2D eigenvalue weighted by atomic mass is 19.4. The second kappa shape index (κ2) is 5.49. The zero-order valence-electron chi connectivity index (χ0n) is 10.9. The molecule has 0 saturated heterocycles. The van der Waals surface area contributed by atoms with Gasteiger partial charge < -0.3 is 21.9 Å². The van der Waals surface area contributed by atoms with E-state index in [1.165, 1.54) is 6.07 Å². The number of hydrogen-bond acceptors (Lipinski definition) is 4. The van der Waals surface area contributed by atoms with Crippen LogP contribution in [0.2, 0.25) is 0 Å². The Labute approximate surface area is 115 Å². The quantitative estimate of drug-likeness (QED) is 0.640. The highest BCUT2D eigenvalue weighted by Gasteiger charge is 2.34. The summed E-state index contributed by atoms with van der Waals surface area (Å²) in [6, 6.07) is 2.35. The molecule has 4 nitrogen and oxygen atoms in total. The molecule has 0 spiro atoms. The number of hydrogen-bond donors (Lipinski definition) is 4. The van der Waals surface area contributed by atoms with Gasteiger partial charge in [0.15, 0.2) is 0 Å². The maximum absolute atomic E-state index is 12.8. The average molecular weight is 289 g/mol. The van der Waals surface area contributed by atoms with Gasteiger partial charge in [-0.05, 0) is 37.0 Å². The molecular weight excluding hydrogens is 271 g/mol. The lowest BCUT2D eigenvalue weighted by atomic mass is 10.1. The molecule has 1 saturated carbocycles. The number of nitrogens with one attached hydrogen (secondary N) is 1. The van der Waals surface area contributed by atoms with Crippen LogP contribution in [0.1, 0.15) is 30.4 Å². The van der Waals surface area contributed by atoms with Crippen LogP contribution in [0.25, 0.3) is 0 Å². The Hall–Kier alpha value is -1.47. The number of benzene rings is 1. The fourth-order valence-corrected chi connectivity index (χ4v) is 2.50. The number of aliphatic hydroxyl groups is 1. The fourth-order valence-electron chi connectivity index (χ4n) is 2.50. The lowest BCUT2D eigenvalue weighted by Crippen LogP contribution is -2.35. The minimum Gasteiger partial charge on any atom is -0.397 e. The summed E-state index contributed by atoms with van der Waals surface area (Å²) < 4.78 is 38.4. The van der Waals surface area contributed by atoms with Crippen molar-refractivity contribution in [3.05, 3.63) is 23.3 Å². The Kier molecular flexibility index (Phi) is 4.10. The van der Waals surface area contributed by atoms with E-state index < -0.39 is 23.5 Å². The van der Waals surface area contributed by atoms with Crippen LogP contribution in [0, 0.1) is 0 Å². The number of aliphatic hydroxyl groups excluding tert-OH is 1. The van der Waals surface area contributed by atoms with E-state index in [4.69, 9.17) is 11.5 Å². The summed E-state index contributed by atoms with van der Waals surface area (Å²) in [5, 5.41) is 12.7. The minimum absolute atomic E-state index is 0.0800. The number of rotatable bonds is 3. The smallest absolute Gasteiger partial charge is 0.397 e. The normalized spacial score (nSPS) is 23.2. The Bertz CT molecular complexity index is 490. The molecule has 20 heavy (non-hydrogen) atoms. The molecule has 2 atom stereocenters. The first-order valence-corrected chi connectivity index (χ1v) is 6.45. The van der Waals surface area contributed by atoms with Crippen molar-refractivity contribution >= 4 is 11.4 Å². The third-order valence-electron chi connectivity index (χ3n) is 3.63. The summed E-state index contributed by atoms with van der Waals surface area (Å²) in [7, 11) is 0. The van der Waals surface area contributed by atoms with Gasteiger partial charge in [-0.2, -0.15) is 13.2 Å². The molecule has 6 N–H and O–H groups in total. The van der Waals surface area contributed by atoms with Crippen LogP contribution in [0.3, 0.4) is 0 Å². The molecule has 2 rings (SSSR count). The van der Waals surface area contributed by atoms with E-state index in [2.05, 4.69) is 5.32 Å². The molecule has 0 aromatic heterocycles. The van der Waals surface area contributed by atoms with Crippen molar-refractivity contribution in [2.24, 2.45) is 0 Å². The first-order valence-electron chi connectivity index (χ1n) is 6.45. The molecule has 0 heterocycles. The summed E-state index contributed by atoms with van der Waals surface area (Å²) in [4.78, 5) is 0. The van der Waals surface area contributed by atoms with Gasteiger partial charge in [-0.1, -0.05) is 0 Å². The molecular formula is C13H18F3N3O. The Morgan fingerprint density at radius 3 is 2.50 bits per heavy atom. The van der Waals surface area contributed by atoms with E-state index in [9.17, 15) is 18.3 Å². The van der Waals surface area contributed by atoms with E-state index in [0.717, 1.165) is 25.3 Å². The van der Waals surface area contributed by atoms with Crippen molar-refractivity contribution in [3.8, 4) is 0 Å². The minimum atomic E-state index is -4.53. The largest absolute Gasteiger partial charge is 0.418 e. The van der Waals surface area contributed by atoms with Crippen LogP contribution < -0.4 is 16.8 Å². The van der Waals surface area contributed by atoms with Crippen molar-refractivity contribution < 1.29 is 18.3 Å². The third kappa shape index (κ3) is 3.16. The number of alkyl halides is 3. The van der Waals surface area contributed by atoms with Gasteiger partial charge in [-0.25, -0.2) is 0 Å². The predicted octanol–water partition coefficient (Wildman–Crippen LogP) is 1.87. The Morgan fingerprint density at radius 1 is 1.25 bits per heavy atom. The van der Waals surface area contributed by atoms with Crippen LogP contribution in [0.5, 0.6) is 0 Å². The molecule has 1 fully saturated rings. The molecule has 1 aliphatic rings. The van der Waals surface area contributed by atoms with E-state index >= 15 is 0 Å². The van der Waals surface area contributed by atoms with Crippen molar-refractivity contribution in [1.29, 1.82) is 0 Å². The maximum Gasteiger partial charge on any atom is 0.418 e. The van der Waals surface area contributed by atoms with E-state index in [0.29, 0.717) is 5.56 Å². The molecule has 1 aromatic carbocycles. The third-order valence-corrected chi connectivity index (χ3v) is 3.63. The molecule has 1 aromatic rings. The highest BCUT2D eigenvalue weighted by Crippen LogP contribution is 2.37. The SMILES string of the molecule is Nc1cc(CN[C@@H]2CCC[C@@H]2O)cc(C(F)(F)F)c1N. The molecule has 0 radical (unpaired) electrons. The van der Waals surface area contributed by atoms with E-state index in [-0.39, 0.29) is 18.3 Å². The summed E-state index contributed by atoms with van der Waals surface area (Å²) in [5.41, 5.74) is 9.87. The van der Waals surface area contributed by atoms with Crippen molar-refractivity contribution in [2.75, 3.05) is 11.5 Å². The molecule has 7 heteroatoms. The predicted molar refractivity (Wildman–Crippen MR) is 70.8 cm³/mol. The number of nitrogen functional groups attached to an aromatic ring is 2. The molecule has 0 aliphatic heterocycles. The summed E-state index contributed by atoms with van der Waals surface area (Å²) in [6.45, 7) is 0.218. The molecule has 112 valence electrons. The number of anilines is 2.